The van der Waals surface area contributed by atoms with Crippen LogP contribution in [0.25, 0.3) is 0 Å². The summed E-state index contributed by atoms with van der Waals surface area (Å²) in [6.45, 7) is 3.90. The molecule has 0 aliphatic carbocycles. The molecule has 0 bridgehead atoms. The molecule has 0 radical (unpaired) electrons. The predicted octanol–water partition coefficient (Wildman–Crippen LogP) is 6.01. The molecule has 5 atom stereocenters. The minimum absolute atomic E-state index is 0.199. The van der Waals surface area contributed by atoms with Crippen LogP contribution in [0.4, 0.5) is 0 Å². The summed E-state index contributed by atoms with van der Waals surface area (Å²) < 4.78 is 15.1. The second-order valence-electron chi connectivity index (χ2n) is 7.74. The van der Waals surface area contributed by atoms with Crippen molar-refractivity contribution in [3.8, 4) is 0 Å². The number of carbonyl (C=O) groups excluding carboxylic acids is 1. The molecule has 0 spiro atoms. The summed E-state index contributed by atoms with van der Waals surface area (Å²) in [5.74, 6) is -0.378. The van der Waals surface area contributed by atoms with Gasteiger partial charge in [0.1, 0.15) is 12.9 Å². The van der Waals surface area contributed by atoms with Crippen molar-refractivity contribution in [1.82, 2.24) is 0 Å². The van der Waals surface area contributed by atoms with Gasteiger partial charge >= 0.3 is 0 Å². The average molecular weight is 388 g/mol. The topological polar surface area (TPSA) is 34.1 Å². The lowest BCUT2D eigenvalue weighted by atomic mass is 9.85. The fourth-order valence-electron chi connectivity index (χ4n) is 4.87. The molecule has 4 rings (SSSR count). The number of hydrogen-bond acceptors (Lipinski definition) is 2. The largest absolute Gasteiger partial charge is 0.317 e. The molecule has 0 aromatic heterocycles. The third-order valence-electron chi connectivity index (χ3n) is 6.11. The first kappa shape index (κ1) is 18.9. The fourth-order valence-corrected chi connectivity index (χ4v) is 9.35. The van der Waals surface area contributed by atoms with Gasteiger partial charge < -0.3 is 4.57 Å². The lowest BCUT2D eigenvalue weighted by molar-refractivity contribution is -0.126. The van der Waals surface area contributed by atoms with Crippen molar-refractivity contribution in [3.05, 3.63) is 102 Å². The van der Waals surface area contributed by atoms with E-state index >= 15 is 4.57 Å². The number of ketones is 1. The van der Waals surface area contributed by atoms with E-state index in [1.54, 1.807) is 0 Å². The Balaban J connectivity index is 2.01. The van der Waals surface area contributed by atoms with Crippen LogP contribution >= 0.6 is 7.14 Å². The molecule has 0 saturated carbocycles. The Hall–Kier alpha value is -2.44. The summed E-state index contributed by atoms with van der Waals surface area (Å²) in [7, 11) is -3.00. The highest BCUT2D eigenvalue weighted by Gasteiger charge is 2.55. The summed E-state index contributed by atoms with van der Waals surface area (Å²) in [6, 6.07) is 29.7. The molecule has 28 heavy (non-hydrogen) atoms. The van der Waals surface area contributed by atoms with Gasteiger partial charge in [0, 0.05) is 17.1 Å². The Labute approximate surface area is 167 Å². The quantitative estimate of drug-likeness (QED) is 0.515. The number of Topliss-reactive ketones (excluding diaryl/α,β-unsaturated/α-hetero) is 1. The SMILES string of the molecule is C[C@@H]1C(=O)[C@H](C)[C@H](c2ccccc2)P(=O)(c2ccccc2)[C@@H]1c1ccccc1. The number of hydrogen-bond donors (Lipinski definition) is 0. The van der Waals surface area contributed by atoms with Crippen molar-refractivity contribution >= 4 is 18.2 Å². The molecule has 2 nitrogen and oxygen atoms in total. The van der Waals surface area contributed by atoms with Gasteiger partial charge in [-0.2, -0.15) is 0 Å². The molecular formula is C25H25O2P. The highest BCUT2D eigenvalue weighted by molar-refractivity contribution is 7.72. The van der Waals surface area contributed by atoms with Crippen molar-refractivity contribution < 1.29 is 9.36 Å². The molecule has 1 saturated heterocycles. The van der Waals surface area contributed by atoms with E-state index < -0.39 is 7.14 Å². The first-order chi connectivity index (χ1) is 13.5. The predicted molar refractivity (Wildman–Crippen MR) is 115 cm³/mol. The van der Waals surface area contributed by atoms with Crippen LogP contribution in [-0.4, -0.2) is 5.78 Å². The van der Waals surface area contributed by atoms with E-state index in [-0.39, 0.29) is 28.9 Å². The molecule has 3 aromatic carbocycles. The Morgan fingerprint density at radius 2 is 0.964 bits per heavy atom. The molecule has 3 heteroatoms. The fraction of sp³-hybridized carbons (Fsp3) is 0.240. The van der Waals surface area contributed by atoms with E-state index in [0.29, 0.717) is 0 Å². The normalized spacial score (nSPS) is 30.1. The van der Waals surface area contributed by atoms with Gasteiger partial charge in [0.25, 0.3) is 0 Å². The molecule has 142 valence electrons. The summed E-state index contributed by atoms with van der Waals surface area (Å²) in [5.41, 5.74) is 1.35. The lowest BCUT2D eigenvalue weighted by Gasteiger charge is -2.45. The van der Waals surface area contributed by atoms with Crippen molar-refractivity contribution in [2.24, 2.45) is 11.8 Å². The maximum absolute atomic E-state index is 15.1. The maximum atomic E-state index is 15.1. The van der Waals surface area contributed by atoms with Crippen LogP contribution in [-0.2, 0) is 9.36 Å². The smallest absolute Gasteiger partial charge is 0.140 e. The van der Waals surface area contributed by atoms with E-state index in [9.17, 15) is 4.79 Å². The first-order valence-corrected chi connectivity index (χ1v) is 11.7. The van der Waals surface area contributed by atoms with E-state index in [2.05, 4.69) is 0 Å². The van der Waals surface area contributed by atoms with Crippen LogP contribution in [0.1, 0.15) is 36.3 Å². The van der Waals surface area contributed by atoms with Crippen LogP contribution in [0.5, 0.6) is 0 Å². The highest BCUT2D eigenvalue weighted by Crippen LogP contribution is 2.74. The van der Waals surface area contributed by atoms with Crippen molar-refractivity contribution in [2.75, 3.05) is 0 Å². The van der Waals surface area contributed by atoms with Crippen LogP contribution in [0.2, 0.25) is 0 Å². The van der Waals surface area contributed by atoms with Crippen molar-refractivity contribution in [3.63, 3.8) is 0 Å². The number of benzene rings is 3. The minimum atomic E-state index is -3.00. The van der Waals surface area contributed by atoms with E-state index in [0.717, 1.165) is 16.4 Å². The molecule has 3 aromatic rings. The zero-order chi connectivity index (χ0) is 19.7. The molecule has 1 unspecified atom stereocenters. The van der Waals surface area contributed by atoms with Crippen LogP contribution in [0.3, 0.4) is 0 Å². The monoisotopic (exact) mass is 388 g/mol. The molecule has 1 aliphatic rings. The summed E-state index contributed by atoms with van der Waals surface area (Å²) in [6.07, 6.45) is 0. The van der Waals surface area contributed by atoms with Crippen molar-refractivity contribution in [1.29, 1.82) is 0 Å². The van der Waals surface area contributed by atoms with Crippen LogP contribution < -0.4 is 5.30 Å². The highest BCUT2D eigenvalue weighted by atomic mass is 31.2. The summed E-state index contributed by atoms with van der Waals surface area (Å²) in [5, 5.41) is 0.865. The molecular weight excluding hydrogens is 363 g/mol. The minimum Gasteiger partial charge on any atom is -0.317 e. The summed E-state index contributed by atoms with van der Waals surface area (Å²) >= 11 is 0. The van der Waals surface area contributed by atoms with Gasteiger partial charge in [-0.25, -0.2) is 0 Å². The molecule has 1 heterocycles. The number of carbonyl (C=O) groups is 1. The zero-order valence-electron chi connectivity index (χ0n) is 16.2. The third-order valence-corrected chi connectivity index (χ3v) is 10.4. The van der Waals surface area contributed by atoms with Crippen LogP contribution in [0.15, 0.2) is 91.0 Å². The van der Waals surface area contributed by atoms with Gasteiger partial charge in [0.05, 0.1) is 11.3 Å². The Kier molecular flexibility index (Phi) is 5.08. The second kappa shape index (κ2) is 7.53. The average Bonchev–Trinajstić information content (AvgIpc) is 2.74. The molecule has 0 N–H and O–H groups in total. The van der Waals surface area contributed by atoms with E-state index in [1.165, 1.54) is 0 Å². The Bertz CT molecular complexity index is 939. The van der Waals surface area contributed by atoms with Gasteiger partial charge in [0.15, 0.2) is 0 Å². The lowest BCUT2D eigenvalue weighted by Crippen LogP contribution is -2.38. The van der Waals surface area contributed by atoms with Gasteiger partial charge in [-0.3, -0.25) is 4.79 Å². The molecule has 1 fully saturated rings. The van der Waals surface area contributed by atoms with E-state index in [1.807, 2.05) is 105 Å². The maximum Gasteiger partial charge on any atom is 0.140 e. The second-order valence-corrected chi connectivity index (χ2v) is 10.8. The number of rotatable bonds is 3. The summed E-state index contributed by atoms with van der Waals surface area (Å²) in [4.78, 5) is 13.3. The van der Waals surface area contributed by atoms with Gasteiger partial charge in [-0.05, 0) is 11.1 Å². The first-order valence-electron chi connectivity index (χ1n) is 9.83. The van der Waals surface area contributed by atoms with Gasteiger partial charge in [-0.1, -0.05) is 105 Å². The third kappa shape index (κ3) is 2.97. The van der Waals surface area contributed by atoms with E-state index in [4.69, 9.17) is 0 Å². The standard InChI is InChI=1S/C25H25O2P/c1-18-23(26)19(2)25(21-14-8-4-9-15-21)28(27,22-16-10-5-11-17-22)24(18)20-12-6-3-7-13-20/h3-19,24-25H,1-2H3/t18-,19+,24+,25-,28?. The Morgan fingerprint density at radius 1 is 0.607 bits per heavy atom. The zero-order valence-corrected chi connectivity index (χ0v) is 17.1. The van der Waals surface area contributed by atoms with Crippen LogP contribution in [0, 0.1) is 11.8 Å². The Morgan fingerprint density at radius 3 is 1.36 bits per heavy atom. The molecule has 0 amide bonds. The van der Waals surface area contributed by atoms with Gasteiger partial charge in [0.2, 0.25) is 0 Å². The van der Waals surface area contributed by atoms with Crippen molar-refractivity contribution in [2.45, 2.75) is 25.2 Å². The molecule has 1 aliphatic heterocycles. The van der Waals surface area contributed by atoms with Gasteiger partial charge in [-0.15, -0.1) is 0 Å².